The van der Waals surface area contributed by atoms with Crippen molar-refractivity contribution in [2.45, 2.75) is 40.2 Å². The number of benzene rings is 1. The zero-order chi connectivity index (χ0) is 15.4. The molecule has 3 nitrogen and oxygen atoms in total. The molecule has 0 spiro atoms. The Morgan fingerprint density at radius 3 is 2.52 bits per heavy atom. The first-order valence-electron chi connectivity index (χ1n) is 7.25. The van der Waals surface area contributed by atoms with E-state index in [9.17, 15) is 0 Å². The first-order chi connectivity index (χ1) is 10.0. The van der Waals surface area contributed by atoms with Crippen molar-refractivity contribution in [3.63, 3.8) is 0 Å². The van der Waals surface area contributed by atoms with Gasteiger partial charge >= 0.3 is 0 Å². The van der Waals surface area contributed by atoms with Crippen LogP contribution >= 0.6 is 0 Å². The standard InChI is InChI=1S/C18H23NO2/c1-12(2)15-8-6-7-9-17(15)21-11-16-14(4)18(20-5)13(3)10-19-16/h6-10,12H,11H2,1-5H3. The molecule has 1 heterocycles. The van der Waals surface area contributed by atoms with Crippen molar-refractivity contribution in [1.82, 2.24) is 4.98 Å². The van der Waals surface area contributed by atoms with E-state index >= 15 is 0 Å². The summed E-state index contributed by atoms with van der Waals surface area (Å²) in [5.74, 6) is 2.25. The van der Waals surface area contributed by atoms with Crippen molar-refractivity contribution in [1.29, 1.82) is 0 Å². The molecule has 2 rings (SSSR count). The van der Waals surface area contributed by atoms with Crippen molar-refractivity contribution < 1.29 is 9.47 Å². The average Bonchev–Trinajstić information content (AvgIpc) is 2.47. The van der Waals surface area contributed by atoms with Crippen LogP contribution in [0.3, 0.4) is 0 Å². The maximum atomic E-state index is 5.99. The molecule has 0 radical (unpaired) electrons. The molecule has 0 aliphatic carbocycles. The number of ether oxygens (including phenoxy) is 2. The third-order valence-electron chi connectivity index (χ3n) is 3.66. The molecule has 112 valence electrons. The molecule has 0 unspecified atom stereocenters. The second-order valence-electron chi connectivity index (χ2n) is 5.53. The monoisotopic (exact) mass is 285 g/mol. The van der Waals surface area contributed by atoms with Gasteiger partial charge in [-0.15, -0.1) is 0 Å². The number of hydrogen-bond acceptors (Lipinski definition) is 3. The third kappa shape index (κ3) is 3.35. The summed E-state index contributed by atoms with van der Waals surface area (Å²) >= 11 is 0. The van der Waals surface area contributed by atoms with E-state index in [4.69, 9.17) is 9.47 Å². The average molecular weight is 285 g/mol. The van der Waals surface area contributed by atoms with E-state index in [0.29, 0.717) is 12.5 Å². The molecule has 0 aliphatic heterocycles. The lowest BCUT2D eigenvalue weighted by molar-refractivity contribution is 0.294. The Kier molecular flexibility index (Phi) is 4.84. The van der Waals surface area contributed by atoms with Gasteiger partial charge in [0.1, 0.15) is 18.1 Å². The van der Waals surface area contributed by atoms with Gasteiger partial charge in [0.25, 0.3) is 0 Å². The maximum absolute atomic E-state index is 5.99. The normalized spacial score (nSPS) is 10.8. The highest BCUT2D eigenvalue weighted by Crippen LogP contribution is 2.28. The Balaban J connectivity index is 2.21. The quantitative estimate of drug-likeness (QED) is 0.815. The second-order valence-corrected chi connectivity index (χ2v) is 5.53. The van der Waals surface area contributed by atoms with Crippen LogP contribution in [0.1, 0.15) is 42.1 Å². The Bertz CT molecular complexity index is 621. The minimum absolute atomic E-state index is 0.433. The number of para-hydroxylation sites is 1. The summed E-state index contributed by atoms with van der Waals surface area (Å²) in [6, 6.07) is 8.16. The molecule has 0 fully saturated rings. The number of methoxy groups -OCH3 is 1. The van der Waals surface area contributed by atoms with Crippen molar-refractivity contribution in [2.75, 3.05) is 7.11 Å². The topological polar surface area (TPSA) is 31.4 Å². The number of aromatic nitrogens is 1. The molecule has 1 aromatic heterocycles. The van der Waals surface area contributed by atoms with Crippen molar-refractivity contribution in [2.24, 2.45) is 0 Å². The lowest BCUT2D eigenvalue weighted by Crippen LogP contribution is -2.05. The van der Waals surface area contributed by atoms with E-state index in [1.807, 2.05) is 38.2 Å². The van der Waals surface area contributed by atoms with E-state index in [1.54, 1.807) is 7.11 Å². The molecule has 21 heavy (non-hydrogen) atoms. The van der Waals surface area contributed by atoms with Gasteiger partial charge in [0.15, 0.2) is 0 Å². The van der Waals surface area contributed by atoms with Crippen molar-refractivity contribution >= 4 is 0 Å². The number of rotatable bonds is 5. The van der Waals surface area contributed by atoms with Crippen LogP contribution in [0.5, 0.6) is 11.5 Å². The molecule has 0 bridgehead atoms. The number of aryl methyl sites for hydroxylation is 1. The van der Waals surface area contributed by atoms with Crippen LogP contribution in [-0.4, -0.2) is 12.1 Å². The van der Waals surface area contributed by atoms with Crippen LogP contribution < -0.4 is 9.47 Å². The van der Waals surface area contributed by atoms with Crippen LogP contribution in [0.15, 0.2) is 30.5 Å². The van der Waals surface area contributed by atoms with Gasteiger partial charge in [0.2, 0.25) is 0 Å². The Morgan fingerprint density at radius 2 is 1.86 bits per heavy atom. The van der Waals surface area contributed by atoms with Gasteiger partial charge in [-0.3, -0.25) is 4.98 Å². The van der Waals surface area contributed by atoms with Crippen LogP contribution in [-0.2, 0) is 6.61 Å². The van der Waals surface area contributed by atoms with E-state index in [-0.39, 0.29) is 0 Å². The van der Waals surface area contributed by atoms with Gasteiger partial charge in [0, 0.05) is 17.3 Å². The minimum Gasteiger partial charge on any atom is -0.496 e. The SMILES string of the molecule is COc1c(C)cnc(COc2ccccc2C(C)C)c1C. The highest BCUT2D eigenvalue weighted by molar-refractivity contribution is 5.41. The summed E-state index contributed by atoms with van der Waals surface area (Å²) in [7, 11) is 1.69. The van der Waals surface area contributed by atoms with Gasteiger partial charge in [-0.2, -0.15) is 0 Å². The summed E-state index contributed by atoms with van der Waals surface area (Å²) < 4.78 is 11.4. The zero-order valence-corrected chi connectivity index (χ0v) is 13.4. The predicted octanol–water partition coefficient (Wildman–Crippen LogP) is 4.41. The van der Waals surface area contributed by atoms with Gasteiger partial charge in [-0.05, 0) is 31.4 Å². The number of pyridine rings is 1. The number of nitrogens with zero attached hydrogens (tertiary/aromatic N) is 1. The first-order valence-corrected chi connectivity index (χ1v) is 7.25. The smallest absolute Gasteiger partial charge is 0.131 e. The predicted molar refractivity (Wildman–Crippen MR) is 85.1 cm³/mol. The third-order valence-corrected chi connectivity index (χ3v) is 3.66. The summed E-state index contributed by atoms with van der Waals surface area (Å²) in [4.78, 5) is 4.47. The molecule has 0 N–H and O–H groups in total. The van der Waals surface area contributed by atoms with E-state index < -0.39 is 0 Å². The lowest BCUT2D eigenvalue weighted by Gasteiger charge is -2.16. The molecule has 2 aromatic rings. The lowest BCUT2D eigenvalue weighted by atomic mass is 10.0. The van der Waals surface area contributed by atoms with Crippen LogP contribution in [0.25, 0.3) is 0 Å². The van der Waals surface area contributed by atoms with Crippen molar-refractivity contribution in [3.8, 4) is 11.5 Å². The molecule has 0 saturated heterocycles. The minimum atomic E-state index is 0.433. The molecule has 0 amide bonds. The fourth-order valence-electron chi connectivity index (χ4n) is 2.45. The fourth-order valence-corrected chi connectivity index (χ4v) is 2.45. The zero-order valence-electron chi connectivity index (χ0n) is 13.4. The largest absolute Gasteiger partial charge is 0.496 e. The highest BCUT2D eigenvalue weighted by atomic mass is 16.5. The Morgan fingerprint density at radius 1 is 1.14 bits per heavy atom. The fraction of sp³-hybridized carbons (Fsp3) is 0.389. The van der Waals surface area contributed by atoms with E-state index in [0.717, 1.165) is 28.3 Å². The van der Waals surface area contributed by atoms with Gasteiger partial charge in [-0.1, -0.05) is 32.0 Å². The molecule has 1 aromatic carbocycles. The van der Waals surface area contributed by atoms with Crippen LogP contribution in [0.2, 0.25) is 0 Å². The number of hydrogen-bond donors (Lipinski definition) is 0. The van der Waals surface area contributed by atoms with Gasteiger partial charge in [0.05, 0.1) is 12.8 Å². The summed E-state index contributed by atoms with van der Waals surface area (Å²) in [6.07, 6.45) is 1.83. The Hall–Kier alpha value is -2.03. The summed E-state index contributed by atoms with van der Waals surface area (Å²) in [6.45, 7) is 8.80. The molecule has 0 saturated carbocycles. The van der Waals surface area contributed by atoms with Gasteiger partial charge in [-0.25, -0.2) is 0 Å². The molecule has 3 heteroatoms. The first kappa shape index (κ1) is 15.4. The summed E-state index contributed by atoms with van der Waals surface area (Å²) in [5, 5.41) is 0. The summed E-state index contributed by atoms with van der Waals surface area (Å²) in [5.41, 5.74) is 4.21. The molecular formula is C18H23NO2. The van der Waals surface area contributed by atoms with E-state index in [1.165, 1.54) is 5.56 Å². The second kappa shape index (κ2) is 6.61. The maximum Gasteiger partial charge on any atom is 0.131 e. The molecular weight excluding hydrogens is 262 g/mol. The van der Waals surface area contributed by atoms with Crippen LogP contribution in [0, 0.1) is 13.8 Å². The van der Waals surface area contributed by atoms with Gasteiger partial charge < -0.3 is 9.47 Å². The molecule has 0 aliphatic rings. The molecule has 0 atom stereocenters. The Labute approximate surface area is 126 Å². The van der Waals surface area contributed by atoms with Crippen LogP contribution in [0.4, 0.5) is 0 Å². The van der Waals surface area contributed by atoms with E-state index in [2.05, 4.69) is 24.9 Å². The highest BCUT2D eigenvalue weighted by Gasteiger charge is 2.12. The van der Waals surface area contributed by atoms with Crippen molar-refractivity contribution in [3.05, 3.63) is 52.8 Å².